The first-order valence-corrected chi connectivity index (χ1v) is 7.65. The highest BCUT2D eigenvalue weighted by Crippen LogP contribution is 2.26. The summed E-state index contributed by atoms with van der Waals surface area (Å²) in [7, 11) is 3.23. The van der Waals surface area contributed by atoms with Crippen molar-refractivity contribution in [3.05, 3.63) is 63.2 Å². The molecule has 0 aliphatic heterocycles. The van der Waals surface area contributed by atoms with Crippen LogP contribution in [0.1, 0.15) is 29.7 Å². The van der Waals surface area contributed by atoms with E-state index in [9.17, 15) is 10.1 Å². The van der Waals surface area contributed by atoms with Gasteiger partial charge in [-0.25, -0.2) is 0 Å². The molecule has 6 heteroatoms. The maximum atomic E-state index is 11.1. The lowest BCUT2D eigenvalue weighted by Gasteiger charge is -2.16. The molecule has 0 amide bonds. The highest BCUT2D eigenvalue weighted by atomic mass is 16.6. The zero-order valence-corrected chi connectivity index (χ0v) is 14.3. The molecule has 1 N–H and O–H groups in total. The van der Waals surface area contributed by atoms with E-state index in [1.54, 1.807) is 33.3 Å². The minimum atomic E-state index is -0.349. The summed E-state index contributed by atoms with van der Waals surface area (Å²) in [5.41, 5.74) is 2.67. The Hall–Kier alpha value is -2.60. The minimum absolute atomic E-state index is 0.0314. The second kappa shape index (κ2) is 7.79. The molecule has 0 saturated carbocycles. The normalized spacial score (nSPS) is 11.8. The number of nitrogens with zero attached hydrogens (tertiary/aromatic N) is 1. The van der Waals surface area contributed by atoms with E-state index in [0.29, 0.717) is 12.1 Å². The number of ether oxygens (including phenoxy) is 2. The molecule has 0 aliphatic rings. The second-order valence-electron chi connectivity index (χ2n) is 5.58. The molecule has 2 aromatic rings. The van der Waals surface area contributed by atoms with Gasteiger partial charge in [-0.15, -0.1) is 0 Å². The quantitative estimate of drug-likeness (QED) is 0.618. The van der Waals surface area contributed by atoms with E-state index in [0.717, 1.165) is 22.6 Å². The summed E-state index contributed by atoms with van der Waals surface area (Å²) >= 11 is 0. The third-order valence-corrected chi connectivity index (χ3v) is 4.02. The Morgan fingerprint density at radius 3 is 2.54 bits per heavy atom. The van der Waals surface area contributed by atoms with Crippen LogP contribution in [-0.2, 0) is 6.54 Å². The van der Waals surface area contributed by atoms with Crippen LogP contribution in [0.5, 0.6) is 11.5 Å². The van der Waals surface area contributed by atoms with E-state index >= 15 is 0 Å². The van der Waals surface area contributed by atoms with Gasteiger partial charge in [0.25, 0.3) is 5.69 Å². The van der Waals surface area contributed by atoms with Crippen LogP contribution in [0.4, 0.5) is 5.69 Å². The number of hydrogen-bond donors (Lipinski definition) is 1. The van der Waals surface area contributed by atoms with Crippen molar-refractivity contribution in [2.75, 3.05) is 14.2 Å². The van der Waals surface area contributed by atoms with Crippen molar-refractivity contribution >= 4 is 5.69 Å². The van der Waals surface area contributed by atoms with Gasteiger partial charge in [0, 0.05) is 35.8 Å². The largest absolute Gasteiger partial charge is 0.497 e. The maximum Gasteiger partial charge on any atom is 0.272 e. The van der Waals surface area contributed by atoms with Crippen LogP contribution in [0.3, 0.4) is 0 Å². The Morgan fingerprint density at radius 2 is 1.92 bits per heavy atom. The molecule has 0 fully saturated rings. The van der Waals surface area contributed by atoms with Crippen molar-refractivity contribution in [1.29, 1.82) is 0 Å². The third kappa shape index (κ3) is 4.02. The standard InChI is InChI=1S/C18H22N2O4/c1-12-5-6-14(9-17(12)20(21)22)13(2)19-11-15-7-8-16(23-3)10-18(15)24-4/h5-10,13,19H,11H2,1-4H3. The van der Waals surface area contributed by atoms with Crippen molar-refractivity contribution in [3.63, 3.8) is 0 Å². The second-order valence-corrected chi connectivity index (χ2v) is 5.58. The van der Waals surface area contributed by atoms with Gasteiger partial charge in [0.05, 0.1) is 19.1 Å². The smallest absolute Gasteiger partial charge is 0.272 e. The summed E-state index contributed by atoms with van der Waals surface area (Å²) in [5, 5.41) is 14.4. The van der Waals surface area contributed by atoms with E-state index < -0.39 is 0 Å². The van der Waals surface area contributed by atoms with E-state index in [1.807, 2.05) is 31.2 Å². The van der Waals surface area contributed by atoms with Crippen molar-refractivity contribution < 1.29 is 14.4 Å². The molecule has 1 atom stereocenters. The maximum absolute atomic E-state index is 11.1. The molecule has 0 radical (unpaired) electrons. The molecule has 128 valence electrons. The molecule has 0 aliphatic carbocycles. The van der Waals surface area contributed by atoms with Gasteiger partial charge in [-0.2, -0.15) is 0 Å². The van der Waals surface area contributed by atoms with Gasteiger partial charge >= 0.3 is 0 Å². The molecule has 0 spiro atoms. The zero-order chi connectivity index (χ0) is 17.7. The topological polar surface area (TPSA) is 73.6 Å². The molecule has 24 heavy (non-hydrogen) atoms. The van der Waals surface area contributed by atoms with Gasteiger partial charge in [0.15, 0.2) is 0 Å². The Morgan fingerprint density at radius 1 is 1.17 bits per heavy atom. The molecular weight excluding hydrogens is 308 g/mol. The predicted octanol–water partition coefficient (Wildman–Crippen LogP) is 3.77. The molecule has 2 aromatic carbocycles. The number of nitro benzene ring substituents is 1. The molecular formula is C18H22N2O4. The highest BCUT2D eigenvalue weighted by Gasteiger charge is 2.15. The fourth-order valence-corrected chi connectivity index (χ4v) is 2.47. The lowest BCUT2D eigenvalue weighted by molar-refractivity contribution is -0.385. The molecule has 2 rings (SSSR count). The first kappa shape index (κ1) is 17.7. The van der Waals surface area contributed by atoms with Crippen LogP contribution in [-0.4, -0.2) is 19.1 Å². The van der Waals surface area contributed by atoms with E-state index in [2.05, 4.69) is 5.32 Å². The van der Waals surface area contributed by atoms with Crippen molar-refractivity contribution in [2.45, 2.75) is 26.4 Å². The third-order valence-electron chi connectivity index (χ3n) is 4.02. The van der Waals surface area contributed by atoms with Gasteiger partial charge in [-0.3, -0.25) is 10.1 Å². The van der Waals surface area contributed by atoms with Crippen LogP contribution in [0.15, 0.2) is 36.4 Å². The first-order valence-electron chi connectivity index (χ1n) is 7.65. The Labute approximate surface area is 141 Å². The van der Waals surface area contributed by atoms with Crippen LogP contribution < -0.4 is 14.8 Å². The summed E-state index contributed by atoms with van der Waals surface area (Å²) in [6.45, 7) is 4.29. The summed E-state index contributed by atoms with van der Waals surface area (Å²) < 4.78 is 10.6. The number of hydrogen-bond acceptors (Lipinski definition) is 5. The summed E-state index contributed by atoms with van der Waals surface area (Å²) in [4.78, 5) is 10.7. The van der Waals surface area contributed by atoms with Crippen molar-refractivity contribution in [3.8, 4) is 11.5 Å². The van der Waals surface area contributed by atoms with Crippen LogP contribution in [0, 0.1) is 17.0 Å². The number of benzene rings is 2. The fourth-order valence-electron chi connectivity index (χ4n) is 2.47. The number of aryl methyl sites for hydroxylation is 1. The van der Waals surface area contributed by atoms with Crippen molar-refractivity contribution in [2.24, 2.45) is 0 Å². The first-order chi connectivity index (χ1) is 11.5. The van der Waals surface area contributed by atoms with Crippen LogP contribution >= 0.6 is 0 Å². The lowest BCUT2D eigenvalue weighted by Crippen LogP contribution is -2.18. The SMILES string of the molecule is COc1ccc(CNC(C)c2ccc(C)c([N+](=O)[O-])c2)c(OC)c1. The Kier molecular flexibility index (Phi) is 5.76. The van der Waals surface area contributed by atoms with E-state index in [1.165, 1.54) is 0 Å². The summed E-state index contributed by atoms with van der Waals surface area (Å²) in [6, 6.07) is 10.9. The van der Waals surface area contributed by atoms with Crippen LogP contribution in [0.25, 0.3) is 0 Å². The number of nitro groups is 1. The van der Waals surface area contributed by atoms with Gasteiger partial charge < -0.3 is 14.8 Å². The molecule has 0 heterocycles. The predicted molar refractivity (Wildman–Crippen MR) is 92.6 cm³/mol. The van der Waals surface area contributed by atoms with Crippen molar-refractivity contribution in [1.82, 2.24) is 5.32 Å². The highest BCUT2D eigenvalue weighted by molar-refractivity contribution is 5.44. The number of nitrogens with one attached hydrogen (secondary N) is 1. The monoisotopic (exact) mass is 330 g/mol. The number of rotatable bonds is 7. The average Bonchev–Trinajstić information content (AvgIpc) is 2.59. The average molecular weight is 330 g/mol. The molecule has 0 saturated heterocycles. The van der Waals surface area contributed by atoms with Gasteiger partial charge in [-0.1, -0.05) is 18.2 Å². The van der Waals surface area contributed by atoms with Gasteiger partial charge in [-0.05, 0) is 25.5 Å². The minimum Gasteiger partial charge on any atom is -0.497 e. The molecule has 0 bridgehead atoms. The van der Waals surface area contributed by atoms with Gasteiger partial charge in [0.2, 0.25) is 0 Å². The molecule has 6 nitrogen and oxygen atoms in total. The van der Waals surface area contributed by atoms with Gasteiger partial charge in [0.1, 0.15) is 11.5 Å². The molecule has 1 unspecified atom stereocenters. The summed E-state index contributed by atoms with van der Waals surface area (Å²) in [6.07, 6.45) is 0. The zero-order valence-electron chi connectivity index (χ0n) is 14.3. The lowest BCUT2D eigenvalue weighted by atomic mass is 10.0. The Bertz CT molecular complexity index is 731. The van der Waals surface area contributed by atoms with E-state index in [-0.39, 0.29) is 16.7 Å². The molecule has 0 aromatic heterocycles. The Balaban J connectivity index is 2.12. The number of methoxy groups -OCH3 is 2. The summed E-state index contributed by atoms with van der Waals surface area (Å²) in [5.74, 6) is 1.47. The van der Waals surface area contributed by atoms with Crippen LogP contribution in [0.2, 0.25) is 0 Å². The van der Waals surface area contributed by atoms with E-state index in [4.69, 9.17) is 9.47 Å². The fraction of sp³-hybridized carbons (Fsp3) is 0.333.